The zero-order valence-electron chi connectivity index (χ0n) is 20.3. The first-order valence-corrected chi connectivity index (χ1v) is 13.7. The number of ether oxygens (including phenoxy) is 2. The molecule has 2 N–H and O–H groups in total. The van der Waals surface area contributed by atoms with Gasteiger partial charge >= 0.3 is 0 Å². The quantitative estimate of drug-likeness (QED) is 0.225. The van der Waals surface area contributed by atoms with Gasteiger partial charge in [-0.3, -0.25) is 9.52 Å². The van der Waals surface area contributed by atoms with Crippen molar-refractivity contribution in [2.24, 2.45) is 0 Å². The zero-order valence-corrected chi connectivity index (χ0v) is 22.6. The number of anilines is 1. The molecule has 0 radical (unpaired) electrons. The predicted molar refractivity (Wildman–Crippen MR) is 149 cm³/mol. The van der Waals surface area contributed by atoms with Gasteiger partial charge in [0.2, 0.25) is 0 Å². The molecule has 0 unspecified atom stereocenters. The Morgan fingerprint density at radius 2 is 1.63 bits per heavy atom. The molecule has 0 spiro atoms. The third-order valence-corrected chi connectivity index (χ3v) is 7.43. The first kappa shape index (κ1) is 27.3. The van der Waals surface area contributed by atoms with Crippen molar-refractivity contribution >= 4 is 44.8 Å². The van der Waals surface area contributed by atoms with Crippen LogP contribution in [0.5, 0.6) is 17.2 Å². The average molecular weight is 571 g/mol. The molecule has 4 aromatic rings. The fraction of sp³-hybridized carbons (Fsp3) is 0.107. The summed E-state index contributed by atoms with van der Waals surface area (Å²) < 4.78 is 39.6. The maximum absolute atomic E-state index is 13.1. The van der Waals surface area contributed by atoms with Crippen molar-refractivity contribution in [3.05, 3.63) is 112 Å². The van der Waals surface area contributed by atoms with Gasteiger partial charge in [0.05, 0.1) is 28.3 Å². The van der Waals surface area contributed by atoms with E-state index in [1.807, 2.05) is 24.3 Å². The average Bonchev–Trinajstić information content (AvgIpc) is 2.91. The lowest BCUT2D eigenvalue weighted by Gasteiger charge is -2.14. The molecule has 0 aliphatic rings. The number of halogens is 2. The molecule has 0 aromatic heterocycles. The molecule has 0 bridgehead atoms. The Kier molecular flexibility index (Phi) is 8.78. The van der Waals surface area contributed by atoms with Gasteiger partial charge in [-0.1, -0.05) is 47.5 Å². The number of hydrogen-bond donors (Lipinski definition) is 2. The largest absolute Gasteiger partial charge is 0.497 e. The van der Waals surface area contributed by atoms with Crippen LogP contribution in [-0.4, -0.2) is 28.0 Å². The first-order chi connectivity index (χ1) is 18.2. The van der Waals surface area contributed by atoms with E-state index in [1.165, 1.54) is 42.5 Å². The second kappa shape index (κ2) is 12.2. The first-order valence-electron chi connectivity index (χ1n) is 11.5. The monoisotopic (exact) mass is 570 g/mol. The van der Waals surface area contributed by atoms with E-state index in [-0.39, 0.29) is 16.1 Å². The van der Waals surface area contributed by atoms with Gasteiger partial charge in [-0.25, -0.2) is 8.42 Å². The van der Waals surface area contributed by atoms with E-state index in [1.54, 1.807) is 31.4 Å². The maximum Gasteiger partial charge on any atom is 0.261 e. The minimum absolute atomic E-state index is 0.0108. The number of sulfonamides is 1. The van der Waals surface area contributed by atoms with Crippen molar-refractivity contribution in [3.8, 4) is 17.2 Å². The number of rotatable bonds is 10. The predicted octanol–water partition coefficient (Wildman–Crippen LogP) is 6.57. The molecule has 0 atom stereocenters. The third-order valence-electron chi connectivity index (χ3n) is 5.50. The molecule has 1 amide bonds. The van der Waals surface area contributed by atoms with Crippen molar-refractivity contribution in [1.82, 2.24) is 5.32 Å². The minimum Gasteiger partial charge on any atom is -0.497 e. The lowest BCUT2D eigenvalue weighted by Crippen LogP contribution is -2.27. The number of para-hydroxylation sites is 1. The standard InChI is InChI=1S/C28H24Cl2N2O5S/c1-36-22-6-4-5-19(17-22)15-16-31-28(33)24-18-20(29)9-14-26(24)32-38(34,35)23-12-10-21(11-13-23)37-27-8-3-2-7-25(27)30/h2-14,17-18,32H,15-16H2,1H3,(H,31,33). The molecule has 4 rings (SSSR count). The summed E-state index contributed by atoms with van der Waals surface area (Å²) in [6.07, 6.45) is 0.563. The molecule has 4 aromatic carbocycles. The van der Waals surface area contributed by atoms with Gasteiger partial charge in [0.1, 0.15) is 17.2 Å². The van der Waals surface area contributed by atoms with Gasteiger partial charge in [0.15, 0.2) is 0 Å². The molecule has 7 nitrogen and oxygen atoms in total. The van der Waals surface area contributed by atoms with E-state index >= 15 is 0 Å². The van der Waals surface area contributed by atoms with E-state index in [0.29, 0.717) is 34.5 Å². The fourth-order valence-electron chi connectivity index (χ4n) is 3.58. The molecule has 0 aliphatic carbocycles. The summed E-state index contributed by atoms with van der Waals surface area (Å²) >= 11 is 12.2. The summed E-state index contributed by atoms with van der Waals surface area (Å²) in [5.41, 5.74) is 1.19. The summed E-state index contributed by atoms with van der Waals surface area (Å²) in [5.74, 6) is 1.13. The number of benzene rings is 4. The molecule has 10 heteroatoms. The van der Waals surface area contributed by atoms with E-state index in [9.17, 15) is 13.2 Å². The van der Waals surface area contributed by atoms with Crippen LogP contribution in [0.2, 0.25) is 10.0 Å². The fourth-order valence-corrected chi connectivity index (χ4v) is 5.01. The van der Waals surface area contributed by atoms with Crippen LogP contribution < -0.4 is 19.5 Å². The second-order valence-corrected chi connectivity index (χ2v) is 10.7. The normalized spacial score (nSPS) is 11.0. The Balaban J connectivity index is 1.45. The van der Waals surface area contributed by atoms with Crippen LogP contribution >= 0.6 is 23.2 Å². The molecule has 0 saturated carbocycles. The van der Waals surface area contributed by atoms with Crippen LogP contribution in [-0.2, 0) is 16.4 Å². The van der Waals surface area contributed by atoms with Crippen LogP contribution in [0.15, 0.2) is 95.9 Å². The Labute approximate surface area is 231 Å². The zero-order chi connectivity index (χ0) is 27.1. The van der Waals surface area contributed by atoms with E-state index in [2.05, 4.69) is 10.0 Å². The van der Waals surface area contributed by atoms with Crippen LogP contribution in [0.4, 0.5) is 5.69 Å². The lowest BCUT2D eigenvalue weighted by molar-refractivity contribution is 0.0955. The smallest absolute Gasteiger partial charge is 0.261 e. The van der Waals surface area contributed by atoms with Crippen molar-refractivity contribution in [2.75, 3.05) is 18.4 Å². The highest BCUT2D eigenvalue weighted by molar-refractivity contribution is 7.92. The van der Waals surface area contributed by atoms with Crippen molar-refractivity contribution in [3.63, 3.8) is 0 Å². The third kappa shape index (κ3) is 6.98. The number of methoxy groups -OCH3 is 1. The highest BCUT2D eigenvalue weighted by Gasteiger charge is 2.20. The molecular weight excluding hydrogens is 547 g/mol. The highest BCUT2D eigenvalue weighted by Crippen LogP contribution is 2.30. The van der Waals surface area contributed by atoms with E-state index in [4.69, 9.17) is 32.7 Å². The summed E-state index contributed by atoms with van der Waals surface area (Å²) in [6, 6.07) is 24.7. The van der Waals surface area contributed by atoms with Crippen molar-refractivity contribution in [2.45, 2.75) is 11.3 Å². The van der Waals surface area contributed by atoms with Crippen LogP contribution in [0.1, 0.15) is 15.9 Å². The Bertz CT molecular complexity index is 1540. The van der Waals surface area contributed by atoms with Crippen molar-refractivity contribution in [1.29, 1.82) is 0 Å². The number of amides is 1. The Morgan fingerprint density at radius 3 is 2.37 bits per heavy atom. The Morgan fingerprint density at radius 1 is 0.868 bits per heavy atom. The van der Waals surface area contributed by atoms with Gasteiger partial charge in [-0.05, 0) is 78.7 Å². The second-order valence-electron chi connectivity index (χ2n) is 8.16. The van der Waals surface area contributed by atoms with Gasteiger partial charge < -0.3 is 14.8 Å². The number of carbonyl (C=O) groups excluding carboxylic acids is 1. The summed E-state index contributed by atoms with van der Waals surface area (Å²) in [4.78, 5) is 12.9. The van der Waals surface area contributed by atoms with Crippen LogP contribution in [0, 0.1) is 0 Å². The van der Waals surface area contributed by atoms with Crippen molar-refractivity contribution < 1.29 is 22.7 Å². The topological polar surface area (TPSA) is 93.7 Å². The molecule has 0 fully saturated rings. The van der Waals surface area contributed by atoms with Crippen LogP contribution in [0.25, 0.3) is 0 Å². The number of nitrogens with one attached hydrogen (secondary N) is 2. The van der Waals surface area contributed by atoms with Gasteiger partial charge in [-0.15, -0.1) is 0 Å². The van der Waals surface area contributed by atoms with Gasteiger partial charge in [0, 0.05) is 11.6 Å². The highest BCUT2D eigenvalue weighted by atomic mass is 35.5. The minimum atomic E-state index is -4.02. The SMILES string of the molecule is COc1cccc(CCNC(=O)c2cc(Cl)ccc2NS(=O)(=O)c2ccc(Oc3ccccc3Cl)cc2)c1. The molecule has 38 heavy (non-hydrogen) atoms. The summed E-state index contributed by atoms with van der Waals surface area (Å²) in [7, 11) is -2.43. The lowest BCUT2D eigenvalue weighted by atomic mass is 10.1. The number of carbonyl (C=O) groups is 1. The molecule has 0 heterocycles. The molecule has 196 valence electrons. The van der Waals surface area contributed by atoms with E-state index in [0.717, 1.165) is 11.3 Å². The molecule has 0 saturated heterocycles. The number of hydrogen-bond acceptors (Lipinski definition) is 5. The van der Waals surface area contributed by atoms with Gasteiger partial charge in [-0.2, -0.15) is 0 Å². The Hall–Kier alpha value is -3.72. The van der Waals surface area contributed by atoms with Crippen LogP contribution in [0.3, 0.4) is 0 Å². The maximum atomic E-state index is 13.1. The molecular formula is C28H24Cl2N2O5S. The van der Waals surface area contributed by atoms with Gasteiger partial charge in [0.25, 0.3) is 15.9 Å². The molecule has 0 aliphatic heterocycles. The summed E-state index contributed by atoms with van der Waals surface area (Å²) in [6.45, 7) is 0.331. The summed E-state index contributed by atoms with van der Waals surface area (Å²) in [5, 5.41) is 3.54. The van der Waals surface area contributed by atoms with E-state index < -0.39 is 15.9 Å².